The summed E-state index contributed by atoms with van der Waals surface area (Å²) in [4.78, 5) is 12.9. The van der Waals surface area contributed by atoms with Crippen molar-refractivity contribution in [1.29, 1.82) is 0 Å². The van der Waals surface area contributed by atoms with E-state index in [-0.39, 0.29) is 5.78 Å². The van der Waals surface area contributed by atoms with Crippen molar-refractivity contribution in [1.82, 2.24) is 19.3 Å². The van der Waals surface area contributed by atoms with Gasteiger partial charge in [-0.2, -0.15) is 0 Å². The van der Waals surface area contributed by atoms with Crippen LogP contribution in [-0.4, -0.2) is 30.9 Å². The first kappa shape index (κ1) is 19.0. The highest BCUT2D eigenvalue weighted by Crippen LogP contribution is 2.38. The van der Waals surface area contributed by atoms with Crippen molar-refractivity contribution in [2.75, 3.05) is 5.75 Å². The Kier molecular flexibility index (Phi) is 5.40. The highest BCUT2D eigenvalue weighted by atomic mass is 32.2. The predicted octanol–water partition coefficient (Wildman–Crippen LogP) is 4.56. The van der Waals surface area contributed by atoms with E-state index in [1.165, 1.54) is 30.2 Å². The molecule has 2 aromatic heterocycles. The number of nitrogens with zero attached hydrogens (tertiary/aromatic N) is 4. The average molecular weight is 395 g/mol. The van der Waals surface area contributed by atoms with Gasteiger partial charge in [-0.3, -0.25) is 4.79 Å². The number of benzene rings is 1. The molecule has 2 heterocycles. The van der Waals surface area contributed by atoms with E-state index < -0.39 is 0 Å². The third-order valence-corrected chi connectivity index (χ3v) is 6.36. The van der Waals surface area contributed by atoms with Gasteiger partial charge in [0.25, 0.3) is 0 Å². The molecule has 1 fully saturated rings. The molecule has 0 saturated heterocycles. The first-order chi connectivity index (χ1) is 13.5. The minimum atomic E-state index is 0.159. The lowest BCUT2D eigenvalue weighted by atomic mass is 10.1. The highest BCUT2D eigenvalue weighted by molar-refractivity contribution is 7.99. The van der Waals surface area contributed by atoms with Gasteiger partial charge in [0.05, 0.1) is 5.75 Å². The van der Waals surface area contributed by atoms with E-state index in [0.717, 1.165) is 40.9 Å². The minimum Gasteiger partial charge on any atom is -0.348 e. The monoisotopic (exact) mass is 394 g/mol. The first-order valence-corrected chi connectivity index (χ1v) is 10.8. The molecule has 0 N–H and O–H groups in total. The fourth-order valence-corrected chi connectivity index (χ4v) is 4.66. The topological polar surface area (TPSA) is 52.7 Å². The molecule has 0 bridgehead atoms. The summed E-state index contributed by atoms with van der Waals surface area (Å²) < 4.78 is 4.43. The smallest absolute Gasteiger partial charge is 0.191 e. The molecule has 3 aromatic rings. The van der Waals surface area contributed by atoms with Crippen LogP contribution in [0.1, 0.15) is 52.0 Å². The number of rotatable bonds is 8. The van der Waals surface area contributed by atoms with Gasteiger partial charge in [0.1, 0.15) is 5.82 Å². The molecule has 0 atom stereocenters. The summed E-state index contributed by atoms with van der Waals surface area (Å²) in [7, 11) is 0. The van der Waals surface area contributed by atoms with Crippen molar-refractivity contribution in [2.24, 2.45) is 0 Å². The lowest BCUT2D eigenvalue weighted by Crippen LogP contribution is -2.09. The van der Waals surface area contributed by atoms with E-state index in [1.54, 1.807) is 0 Å². The lowest BCUT2D eigenvalue weighted by Gasteiger charge is -2.10. The number of hydrogen-bond acceptors (Lipinski definition) is 4. The zero-order valence-corrected chi connectivity index (χ0v) is 17.5. The maximum Gasteiger partial charge on any atom is 0.191 e. The highest BCUT2D eigenvalue weighted by Gasteiger charge is 2.28. The fraction of sp³-hybridized carbons (Fsp3) is 0.409. The van der Waals surface area contributed by atoms with Crippen molar-refractivity contribution >= 4 is 17.5 Å². The third-order valence-electron chi connectivity index (χ3n) is 5.42. The molecule has 1 aliphatic rings. The van der Waals surface area contributed by atoms with E-state index in [1.807, 2.05) is 26.0 Å². The Balaban J connectivity index is 1.43. The quantitative estimate of drug-likeness (QED) is 0.415. The summed E-state index contributed by atoms with van der Waals surface area (Å²) in [5.74, 6) is 1.50. The van der Waals surface area contributed by atoms with Crippen LogP contribution in [0.2, 0.25) is 0 Å². The van der Waals surface area contributed by atoms with Crippen LogP contribution in [0.25, 0.3) is 0 Å². The van der Waals surface area contributed by atoms with Gasteiger partial charge in [-0.05, 0) is 51.7 Å². The van der Waals surface area contributed by atoms with Gasteiger partial charge in [0.2, 0.25) is 0 Å². The van der Waals surface area contributed by atoms with Crippen molar-refractivity contribution in [2.45, 2.75) is 57.8 Å². The Morgan fingerprint density at radius 1 is 1.14 bits per heavy atom. The minimum absolute atomic E-state index is 0.159. The first-order valence-electron chi connectivity index (χ1n) is 9.82. The number of thioether (sulfide) groups is 1. The van der Waals surface area contributed by atoms with E-state index in [0.29, 0.717) is 11.8 Å². The van der Waals surface area contributed by atoms with Crippen LogP contribution in [-0.2, 0) is 13.0 Å². The number of Topliss-reactive ketones (excluding diaryl/α,β-unsaturated/α-hetero) is 1. The molecular formula is C22H26N4OS. The SMILES string of the molecule is Cc1cc(C(=O)CSc2nnc(C)n2C2CC2)c(C)n1CCc1ccccc1. The molecule has 0 radical (unpaired) electrons. The van der Waals surface area contributed by atoms with Gasteiger partial charge in [-0.25, -0.2) is 0 Å². The van der Waals surface area contributed by atoms with Crippen LogP contribution < -0.4 is 0 Å². The summed E-state index contributed by atoms with van der Waals surface area (Å²) in [5.41, 5.74) is 4.33. The second-order valence-electron chi connectivity index (χ2n) is 7.51. The molecule has 1 saturated carbocycles. The van der Waals surface area contributed by atoms with Crippen LogP contribution in [0.3, 0.4) is 0 Å². The number of carbonyl (C=O) groups is 1. The van der Waals surface area contributed by atoms with Crippen molar-refractivity contribution in [3.8, 4) is 0 Å². The Morgan fingerprint density at radius 3 is 2.61 bits per heavy atom. The number of hydrogen-bond donors (Lipinski definition) is 0. The van der Waals surface area contributed by atoms with E-state index in [9.17, 15) is 4.79 Å². The van der Waals surface area contributed by atoms with Crippen molar-refractivity contribution < 1.29 is 4.79 Å². The number of carbonyl (C=O) groups excluding carboxylic acids is 1. The summed E-state index contributed by atoms with van der Waals surface area (Å²) >= 11 is 1.50. The fourth-order valence-electron chi connectivity index (χ4n) is 3.72. The molecule has 28 heavy (non-hydrogen) atoms. The Morgan fingerprint density at radius 2 is 1.89 bits per heavy atom. The zero-order chi connectivity index (χ0) is 19.7. The summed E-state index contributed by atoms with van der Waals surface area (Å²) in [5, 5.41) is 9.33. The number of aryl methyl sites for hydroxylation is 3. The van der Waals surface area contributed by atoms with Gasteiger partial charge in [-0.15, -0.1) is 10.2 Å². The molecule has 5 nitrogen and oxygen atoms in total. The standard InChI is InChI=1S/C22H26N4OS/c1-15-13-20(16(2)25(15)12-11-18-7-5-4-6-8-18)21(27)14-28-22-24-23-17(3)26(22)19-9-10-19/h4-8,13,19H,9-12,14H2,1-3H3. The molecule has 4 rings (SSSR count). The maximum absolute atomic E-state index is 12.9. The van der Waals surface area contributed by atoms with E-state index >= 15 is 0 Å². The second kappa shape index (κ2) is 7.95. The summed E-state index contributed by atoms with van der Waals surface area (Å²) in [6, 6.07) is 13.0. The van der Waals surface area contributed by atoms with Crippen LogP contribution in [0.4, 0.5) is 0 Å². The van der Waals surface area contributed by atoms with Gasteiger partial charge in [0, 0.05) is 29.5 Å². The molecule has 0 unspecified atom stereocenters. The van der Waals surface area contributed by atoms with Gasteiger partial charge >= 0.3 is 0 Å². The average Bonchev–Trinajstić information content (AvgIpc) is 3.40. The summed E-state index contributed by atoms with van der Waals surface area (Å²) in [6.45, 7) is 7.00. The third kappa shape index (κ3) is 3.92. The molecule has 1 aromatic carbocycles. The largest absolute Gasteiger partial charge is 0.348 e. The Hall–Kier alpha value is -2.34. The van der Waals surface area contributed by atoms with E-state index in [4.69, 9.17) is 0 Å². The molecule has 0 spiro atoms. The van der Waals surface area contributed by atoms with Crippen LogP contribution >= 0.6 is 11.8 Å². The number of aromatic nitrogens is 4. The van der Waals surface area contributed by atoms with Crippen LogP contribution in [0, 0.1) is 20.8 Å². The molecule has 1 aliphatic carbocycles. The van der Waals surface area contributed by atoms with Crippen molar-refractivity contribution in [3.05, 3.63) is 64.7 Å². The maximum atomic E-state index is 12.9. The molecule has 0 amide bonds. The molecule has 6 heteroatoms. The van der Waals surface area contributed by atoms with Crippen LogP contribution in [0.5, 0.6) is 0 Å². The Bertz CT molecular complexity index is 986. The lowest BCUT2D eigenvalue weighted by molar-refractivity contribution is 0.102. The van der Waals surface area contributed by atoms with Crippen molar-refractivity contribution in [3.63, 3.8) is 0 Å². The Labute approximate surface area is 170 Å². The predicted molar refractivity (Wildman–Crippen MR) is 112 cm³/mol. The van der Waals surface area contributed by atoms with Gasteiger partial charge < -0.3 is 9.13 Å². The normalized spacial score (nSPS) is 13.8. The molecule has 146 valence electrons. The number of ketones is 1. The molecule has 0 aliphatic heterocycles. The zero-order valence-electron chi connectivity index (χ0n) is 16.7. The van der Waals surface area contributed by atoms with Gasteiger partial charge in [0.15, 0.2) is 10.9 Å². The van der Waals surface area contributed by atoms with Gasteiger partial charge in [-0.1, -0.05) is 42.1 Å². The second-order valence-corrected chi connectivity index (χ2v) is 8.46. The van der Waals surface area contributed by atoms with E-state index in [2.05, 4.69) is 50.5 Å². The van der Waals surface area contributed by atoms with Crippen LogP contribution in [0.15, 0.2) is 41.6 Å². The summed E-state index contributed by atoms with van der Waals surface area (Å²) in [6.07, 6.45) is 3.33. The molecular weight excluding hydrogens is 368 g/mol.